The van der Waals surface area contributed by atoms with Crippen LogP contribution in [0.15, 0.2) is 479 Å². The van der Waals surface area contributed by atoms with Crippen molar-refractivity contribution in [1.29, 1.82) is 0 Å². The molecular formula is C130H84N12. The average Bonchev–Trinajstić information content (AvgIpc) is 1.54. The van der Waals surface area contributed by atoms with Gasteiger partial charge < -0.3 is 9.13 Å². The molecule has 26 aromatic rings. The number of allylic oxidation sites excluding steroid dienone is 1. The van der Waals surface area contributed by atoms with Gasteiger partial charge in [-0.25, -0.2) is 19.9 Å². The van der Waals surface area contributed by atoms with Crippen LogP contribution in [0.4, 0.5) is 0 Å². The SMILES string of the molecule is C1=Cc2c(n(-c3cccc(-c4cccc(-c5ccccc5)c4)c3)c3c2ccc2c4ccccc4n(-c4nc(-c5ccccc5)nc(-c5ccc(-c6ccc(-c7ccc(-c8cc(-c9ccccc9)cc(-c9cccc(-n%10c%11ccccc%11c%11ccc%12c%13ccccc%13n(-c%13nc(-c%14ccccc%14)nc(-c%14ccc(-c%15cccc(-c%16ccccc%16)n%15)cc%14)n%13)c%12c%11%10)c9)c8)cc7)c(-c7ccccc7)n6)cc5)n4)c23)CC1. The van der Waals surface area contributed by atoms with Crippen molar-refractivity contribution >= 4 is 82.4 Å². The highest BCUT2D eigenvalue weighted by molar-refractivity contribution is 6.24. The van der Waals surface area contributed by atoms with Crippen LogP contribution in [0.25, 0.3) is 263 Å². The minimum absolute atomic E-state index is 0.506. The fourth-order valence-electron chi connectivity index (χ4n) is 21.2. The Morgan fingerprint density at radius 1 is 0.183 bits per heavy atom. The van der Waals surface area contributed by atoms with E-state index in [1.807, 2.05) is 54.6 Å². The van der Waals surface area contributed by atoms with Crippen LogP contribution < -0.4 is 0 Å². The van der Waals surface area contributed by atoms with E-state index >= 15 is 0 Å². The highest BCUT2D eigenvalue weighted by Crippen LogP contribution is 2.48. The number of benzene rings is 18. The van der Waals surface area contributed by atoms with Gasteiger partial charge in [0.1, 0.15) is 0 Å². The van der Waals surface area contributed by atoms with Gasteiger partial charge in [0.2, 0.25) is 11.9 Å². The minimum Gasteiger partial charge on any atom is -0.311 e. The van der Waals surface area contributed by atoms with Gasteiger partial charge in [-0.05, 0) is 159 Å². The summed E-state index contributed by atoms with van der Waals surface area (Å²) in [6.07, 6.45) is 6.47. The molecule has 0 bridgehead atoms. The molecule has 0 amide bonds. The summed E-state index contributed by atoms with van der Waals surface area (Å²) in [6, 6.07) is 168. The molecule has 0 unspecified atom stereocenters. The second-order valence-corrected chi connectivity index (χ2v) is 36.4. The Bertz CT molecular complexity index is 9480. The number of hydrogen-bond donors (Lipinski definition) is 0. The summed E-state index contributed by atoms with van der Waals surface area (Å²) in [5, 5.41) is 7.79. The van der Waals surface area contributed by atoms with Crippen molar-refractivity contribution in [3.63, 3.8) is 0 Å². The van der Waals surface area contributed by atoms with Crippen molar-refractivity contribution in [3.05, 3.63) is 491 Å². The van der Waals surface area contributed by atoms with Gasteiger partial charge in [-0.1, -0.05) is 400 Å². The summed E-state index contributed by atoms with van der Waals surface area (Å²) in [6.45, 7) is 0. The number of nitrogens with zero attached hydrogens (tertiary/aromatic N) is 12. The van der Waals surface area contributed by atoms with Crippen LogP contribution in [0.2, 0.25) is 0 Å². The molecule has 142 heavy (non-hydrogen) atoms. The molecule has 664 valence electrons. The monoisotopic (exact) mass is 1810 g/mol. The fourth-order valence-corrected chi connectivity index (χ4v) is 21.2. The van der Waals surface area contributed by atoms with Crippen molar-refractivity contribution in [2.75, 3.05) is 0 Å². The highest BCUT2D eigenvalue weighted by atomic mass is 15.2. The van der Waals surface area contributed by atoms with E-state index in [0.717, 1.165) is 218 Å². The Hall–Kier alpha value is -19.0. The lowest BCUT2D eigenvalue weighted by Gasteiger charge is -2.16. The molecule has 0 radical (unpaired) electrons. The summed E-state index contributed by atoms with van der Waals surface area (Å²) in [7, 11) is 0. The second kappa shape index (κ2) is 34.6. The molecule has 8 heterocycles. The van der Waals surface area contributed by atoms with Gasteiger partial charge >= 0.3 is 0 Å². The number of pyridine rings is 2. The Kier molecular flexibility index (Phi) is 20.1. The zero-order chi connectivity index (χ0) is 93.7. The van der Waals surface area contributed by atoms with Gasteiger partial charge in [-0.3, -0.25) is 9.13 Å². The normalized spacial score (nSPS) is 12.0. The van der Waals surface area contributed by atoms with Gasteiger partial charge in [-0.2, -0.15) is 19.9 Å². The molecule has 0 saturated carbocycles. The van der Waals surface area contributed by atoms with E-state index in [2.05, 4.69) is 449 Å². The van der Waals surface area contributed by atoms with Crippen LogP contribution in [0.1, 0.15) is 17.7 Å². The molecule has 0 N–H and O–H groups in total. The molecule has 18 aromatic carbocycles. The third-order valence-corrected chi connectivity index (χ3v) is 28.0. The summed E-state index contributed by atoms with van der Waals surface area (Å²) in [5.41, 5.74) is 36.1. The lowest BCUT2D eigenvalue weighted by atomic mass is 9.92. The number of aromatic nitrogens is 12. The summed E-state index contributed by atoms with van der Waals surface area (Å²) >= 11 is 0. The van der Waals surface area contributed by atoms with E-state index in [0.29, 0.717) is 35.2 Å². The molecule has 0 spiro atoms. The van der Waals surface area contributed by atoms with Crippen LogP contribution in [0.3, 0.4) is 0 Å². The zero-order valence-electron chi connectivity index (χ0n) is 77.0. The fraction of sp³-hybridized carbons (Fsp3) is 0.0154. The number of hydrogen-bond acceptors (Lipinski definition) is 8. The predicted octanol–water partition coefficient (Wildman–Crippen LogP) is 32.4. The topological polar surface area (TPSA) is 123 Å². The molecule has 1 aliphatic carbocycles. The van der Waals surface area contributed by atoms with Gasteiger partial charge in [0, 0.05) is 110 Å². The maximum atomic E-state index is 5.62. The molecule has 27 rings (SSSR count). The van der Waals surface area contributed by atoms with E-state index in [-0.39, 0.29) is 0 Å². The molecule has 1 aliphatic rings. The van der Waals surface area contributed by atoms with Crippen LogP contribution in [0, 0.1) is 0 Å². The zero-order valence-corrected chi connectivity index (χ0v) is 77.0. The average molecular weight is 1810 g/mol. The van der Waals surface area contributed by atoms with E-state index < -0.39 is 0 Å². The van der Waals surface area contributed by atoms with Crippen LogP contribution in [0.5, 0.6) is 0 Å². The van der Waals surface area contributed by atoms with Crippen molar-refractivity contribution in [2.24, 2.45) is 0 Å². The van der Waals surface area contributed by atoms with Gasteiger partial charge in [0.05, 0.1) is 61.4 Å². The summed E-state index contributed by atoms with van der Waals surface area (Å²) < 4.78 is 9.52. The van der Waals surface area contributed by atoms with Gasteiger partial charge in [0.15, 0.2) is 23.3 Å². The maximum Gasteiger partial charge on any atom is 0.238 e. The summed E-state index contributed by atoms with van der Waals surface area (Å²) in [5.74, 6) is 3.27. The quantitative estimate of drug-likeness (QED) is 0.0832. The molecule has 0 aliphatic heterocycles. The van der Waals surface area contributed by atoms with E-state index in [4.69, 9.17) is 39.9 Å². The first-order chi connectivity index (χ1) is 70.4. The first kappa shape index (κ1) is 82.4. The molecule has 0 atom stereocenters. The Balaban J connectivity index is 0.537. The standard InChI is InChI=1S/C130H84N12/c1-7-31-83(32-8-1)95-43-27-44-96(77-95)97-45-28-47-102(81-97)139-116-55-23-19-49-105(116)109-71-73-111-107-51-21-25-57-118(107)141(123(111)121(109)139)130-136-126(92-41-17-6-18-42-92)134-128(138-130)94-69-65-89(66-70-94)115-76-75-104(120(132-115)90-37-13-4-14-38-90)86-61-59-85(60-62-86)100-78-99(84-33-9-2-10-34-84)79-101(80-100)98-46-29-48-103(82-98)140-117-56-24-20-50-106(117)110-72-74-112-108-52-22-26-58-119(108)142(124(112)122(110)140)129-135-125(91-39-15-5-16-40-91)133-127(137-129)93-67-63-88(64-68-93)114-54-30-53-113(131-114)87-35-11-3-12-36-87/h1-22,24-54,56-82H,23,55H2. The van der Waals surface area contributed by atoms with Crippen LogP contribution in [-0.2, 0) is 6.42 Å². The van der Waals surface area contributed by atoms with Gasteiger partial charge in [-0.15, -0.1) is 0 Å². The number of para-hydroxylation sites is 3. The van der Waals surface area contributed by atoms with Crippen molar-refractivity contribution in [1.82, 2.24) is 58.1 Å². The van der Waals surface area contributed by atoms with Crippen molar-refractivity contribution in [2.45, 2.75) is 12.8 Å². The third kappa shape index (κ3) is 14.5. The Morgan fingerprint density at radius 2 is 0.500 bits per heavy atom. The second-order valence-electron chi connectivity index (χ2n) is 36.4. The third-order valence-electron chi connectivity index (χ3n) is 28.0. The number of fused-ring (bicyclic) bond motifs is 14. The molecule has 12 nitrogen and oxygen atoms in total. The van der Waals surface area contributed by atoms with Gasteiger partial charge in [0.25, 0.3) is 0 Å². The van der Waals surface area contributed by atoms with Crippen LogP contribution >= 0.6 is 0 Å². The molecule has 8 aromatic heterocycles. The largest absolute Gasteiger partial charge is 0.311 e. The van der Waals surface area contributed by atoms with Crippen molar-refractivity contribution in [3.8, 4) is 181 Å². The molecule has 12 heteroatoms. The maximum absolute atomic E-state index is 5.62. The van der Waals surface area contributed by atoms with E-state index in [1.165, 1.54) is 27.8 Å². The van der Waals surface area contributed by atoms with E-state index in [9.17, 15) is 0 Å². The molecule has 0 saturated heterocycles. The molecular weight excluding hydrogens is 1730 g/mol. The van der Waals surface area contributed by atoms with Crippen LogP contribution in [-0.4, -0.2) is 58.1 Å². The molecule has 0 fully saturated rings. The lowest BCUT2D eigenvalue weighted by Crippen LogP contribution is -2.08. The minimum atomic E-state index is 0.506. The highest BCUT2D eigenvalue weighted by Gasteiger charge is 2.30. The Labute approximate surface area is 818 Å². The van der Waals surface area contributed by atoms with E-state index in [1.54, 1.807) is 0 Å². The van der Waals surface area contributed by atoms with Crippen molar-refractivity contribution < 1.29 is 0 Å². The summed E-state index contributed by atoms with van der Waals surface area (Å²) in [4.78, 5) is 43.5. The lowest BCUT2D eigenvalue weighted by molar-refractivity contribution is 0.887. The number of rotatable bonds is 18. The smallest absolute Gasteiger partial charge is 0.238 e. The first-order valence-corrected chi connectivity index (χ1v) is 48.2. The Morgan fingerprint density at radius 3 is 1.00 bits per heavy atom. The first-order valence-electron chi connectivity index (χ1n) is 48.2. The predicted molar refractivity (Wildman–Crippen MR) is 582 cm³/mol.